The number of nitrogens with zero attached hydrogens (tertiary/aromatic N) is 3. The van der Waals surface area contributed by atoms with Gasteiger partial charge in [-0.25, -0.2) is 4.98 Å². The van der Waals surface area contributed by atoms with Crippen molar-refractivity contribution >= 4 is 23.2 Å². The quantitative estimate of drug-likeness (QED) is 0.390. The number of aromatic nitrogens is 1. The molecule has 0 aliphatic carbocycles. The molecule has 1 aromatic carbocycles. The number of aliphatic imine (C=N–C) groups is 1. The fourth-order valence-electron chi connectivity index (χ4n) is 1.80. The maximum Gasteiger partial charge on any atom is 0.287 e. The summed E-state index contributed by atoms with van der Waals surface area (Å²) in [6, 6.07) is 8.67. The van der Waals surface area contributed by atoms with Gasteiger partial charge in [-0.15, -0.1) is 0 Å². The number of nitro groups is 1. The van der Waals surface area contributed by atoms with Crippen LogP contribution in [0.2, 0.25) is 0 Å². The Morgan fingerprint density at radius 2 is 2.10 bits per heavy atom. The lowest BCUT2D eigenvalue weighted by Crippen LogP contribution is -2.22. The molecular weight excluding hydrogens is 270 g/mol. The number of rotatable bonds is 3. The van der Waals surface area contributed by atoms with Crippen LogP contribution in [0.3, 0.4) is 0 Å². The number of nitrogens with one attached hydrogen (secondary N) is 1. The topological polar surface area (TPSA) is 106 Å². The van der Waals surface area contributed by atoms with Crippen LogP contribution in [0, 0.1) is 24.0 Å². The van der Waals surface area contributed by atoms with Gasteiger partial charge in [0.15, 0.2) is 11.8 Å². The molecule has 7 heteroatoms. The van der Waals surface area contributed by atoms with Crippen molar-refractivity contribution < 1.29 is 4.92 Å². The first-order valence-corrected chi connectivity index (χ1v) is 6.24. The minimum absolute atomic E-state index is 0.0881. The Bertz CT molecular complexity index is 695. The summed E-state index contributed by atoms with van der Waals surface area (Å²) in [6.45, 7) is 3.97. The molecule has 0 fully saturated rings. The lowest BCUT2D eigenvalue weighted by atomic mass is 10.1. The molecule has 2 rings (SSSR count). The number of hydrogen-bond donors (Lipinski definition) is 2. The van der Waals surface area contributed by atoms with Crippen LogP contribution in [0.1, 0.15) is 11.1 Å². The highest BCUT2D eigenvalue weighted by Crippen LogP contribution is 2.17. The van der Waals surface area contributed by atoms with Crippen LogP contribution in [0.15, 0.2) is 41.5 Å². The van der Waals surface area contributed by atoms with E-state index in [4.69, 9.17) is 5.73 Å². The number of benzene rings is 1. The lowest BCUT2D eigenvalue weighted by molar-refractivity contribution is -0.385. The van der Waals surface area contributed by atoms with Crippen molar-refractivity contribution in [2.75, 3.05) is 5.32 Å². The zero-order valence-corrected chi connectivity index (χ0v) is 11.7. The van der Waals surface area contributed by atoms with E-state index in [0.717, 1.165) is 23.0 Å². The Morgan fingerprint density at radius 3 is 2.67 bits per heavy atom. The molecule has 0 saturated carbocycles. The number of anilines is 1. The second kappa shape index (κ2) is 6.00. The normalized spacial score (nSPS) is 11.2. The van der Waals surface area contributed by atoms with Gasteiger partial charge in [0.1, 0.15) is 6.20 Å². The first kappa shape index (κ1) is 14.4. The highest BCUT2D eigenvalue weighted by Gasteiger charge is 2.05. The van der Waals surface area contributed by atoms with Crippen LogP contribution < -0.4 is 11.1 Å². The average Bonchev–Trinajstić information content (AvgIpc) is 2.42. The summed E-state index contributed by atoms with van der Waals surface area (Å²) in [7, 11) is 0. The van der Waals surface area contributed by atoms with E-state index in [9.17, 15) is 10.1 Å². The first-order valence-electron chi connectivity index (χ1n) is 6.24. The van der Waals surface area contributed by atoms with Crippen LogP contribution in [0.4, 0.5) is 17.2 Å². The van der Waals surface area contributed by atoms with Gasteiger partial charge in [-0.3, -0.25) is 10.1 Å². The Hall–Kier alpha value is -2.96. The Labute approximate surface area is 121 Å². The molecule has 0 aliphatic heterocycles. The van der Waals surface area contributed by atoms with E-state index in [1.807, 2.05) is 32.0 Å². The fraction of sp³-hybridized carbons (Fsp3) is 0.143. The molecule has 0 aliphatic rings. The van der Waals surface area contributed by atoms with E-state index in [-0.39, 0.29) is 11.6 Å². The van der Waals surface area contributed by atoms with Crippen molar-refractivity contribution in [2.24, 2.45) is 10.7 Å². The molecule has 1 heterocycles. The number of guanidine groups is 1. The summed E-state index contributed by atoms with van der Waals surface area (Å²) in [6.07, 6.45) is 1.14. The summed E-state index contributed by atoms with van der Waals surface area (Å²) in [5.41, 5.74) is 8.77. The second-order valence-corrected chi connectivity index (χ2v) is 4.57. The lowest BCUT2D eigenvalue weighted by Gasteiger charge is -2.09. The van der Waals surface area contributed by atoms with E-state index in [1.165, 1.54) is 12.1 Å². The van der Waals surface area contributed by atoms with Crippen LogP contribution in [0.5, 0.6) is 0 Å². The van der Waals surface area contributed by atoms with Gasteiger partial charge in [0.25, 0.3) is 5.69 Å². The van der Waals surface area contributed by atoms with Crippen molar-refractivity contribution in [2.45, 2.75) is 13.8 Å². The maximum atomic E-state index is 10.5. The molecular formula is C14H15N5O2. The molecule has 108 valence electrons. The van der Waals surface area contributed by atoms with Crippen molar-refractivity contribution in [3.8, 4) is 0 Å². The van der Waals surface area contributed by atoms with Gasteiger partial charge in [0.05, 0.1) is 4.92 Å². The highest BCUT2D eigenvalue weighted by atomic mass is 16.6. The molecule has 0 bridgehead atoms. The second-order valence-electron chi connectivity index (χ2n) is 4.57. The molecule has 2 aromatic rings. The molecule has 0 radical (unpaired) electrons. The van der Waals surface area contributed by atoms with Crippen molar-refractivity contribution in [1.29, 1.82) is 0 Å². The van der Waals surface area contributed by atoms with E-state index in [2.05, 4.69) is 15.3 Å². The summed E-state index contributed by atoms with van der Waals surface area (Å²) < 4.78 is 0. The Balaban J connectivity index is 2.15. The van der Waals surface area contributed by atoms with Crippen LogP contribution in [-0.2, 0) is 0 Å². The molecule has 0 saturated heterocycles. The molecule has 0 amide bonds. The van der Waals surface area contributed by atoms with Gasteiger partial charge in [0, 0.05) is 11.8 Å². The number of pyridine rings is 1. The van der Waals surface area contributed by atoms with Crippen LogP contribution in [0.25, 0.3) is 0 Å². The third-order valence-electron chi connectivity index (χ3n) is 2.82. The third-order valence-corrected chi connectivity index (χ3v) is 2.82. The smallest absolute Gasteiger partial charge is 0.287 e. The standard InChI is InChI=1S/C14H15N5O2/c1-9-3-5-12(10(2)7-9)17-14(15)18-13-6-4-11(8-16-13)19(20)21/h3-8H,1-2H3,(H3,15,16,17,18). The summed E-state index contributed by atoms with van der Waals surface area (Å²) in [5, 5.41) is 13.5. The van der Waals surface area contributed by atoms with Crippen LogP contribution in [-0.4, -0.2) is 15.9 Å². The van der Waals surface area contributed by atoms with Gasteiger partial charge in [0.2, 0.25) is 0 Å². The van der Waals surface area contributed by atoms with Crippen molar-refractivity contribution in [1.82, 2.24) is 4.98 Å². The predicted octanol–water partition coefficient (Wildman–Crippen LogP) is 2.66. The molecule has 21 heavy (non-hydrogen) atoms. The van der Waals surface area contributed by atoms with Crippen molar-refractivity contribution in [3.05, 3.63) is 57.8 Å². The fourth-order valence-corrected chi connectivity index (χ4v) is 1.80. The Morgan fingerprint density at radius 1 is 1.33 bits per heavy atom. The van der Waals surface area contributed by atoms with E-state index < -0.39 is 4.92 Å². The minimum atomic E-state index is -0.516. The van der Waals surface area contributed by atoms with Crippen molar-refractivity contribution in [3.63, 3.8) is 0 Å². The van der Waals surface area contributed by atoms with Crippen LogP contribution >= 0.6 is 0 Å². The monoisotopic (exact) mass is 285 g/mol. The zero-order chi connectivity index (χ0) is 15.4. The molecule has 3 N–H and O–H groups in total. The Kier molecular flexibility index (Phi) is 4.13. The predicted molar refractivity (Wildman–Crippen MR) is 81.7 cm³/mol. The first-order chi connectivity index (χ1) is 9.95. The van der Waals surface area contributed by atoms with Gasteiger partial charge in [-0.05, 0) is 31.5 Å². The van der Waals surface area contributed by atoms with Gasteiger partial charge < -0.3 is 11.1 Å². The minimum Gasteiger partial charge on any atom is -0.369 e. The summed E-state index contributed by atoms with van der Waals surface area (Å²) >= 11 is 0. The maximum absolute atomic E-state index is 10.5. The van der Waals surface area contributed by atoms with E-state index >= 15 is 0 Å². The highest BCUT2D eigenvalue weighted by molar-refractivity contribution is 5.94. The van der Waals surface area contributed by atoms with Gasteiger partial charge in [-0.1, -0.05) is 17.7 Å². The molecule has 7 nitrogen and oxygen atoms in total. The van der Waals surface area contributed by atoms with Gasteiger partial charge in [-0.2, -0.15) is 4.99 Å². The zero-order valence-electron chi connectivity index (χ0n) is 11.7. The summed E-state index contributed by atoms with van der Waals surface area (Å²) in [5.74, 6) is 0.471. The van der Waals surface area contributed by atoms with E-state index in [1.54, 1.807) is 0 Å². The third kappa shape index (κ3) is 3.75. The molecule has 0 atom stereocenters. The number of hydrogen-bond acceptors (Lipinski definition) is 4. The molecule has 1 aromatic heterocycles. The number of aryl methyl sites for hydroxylation is 2. The van der Waals surface area contributed by atoms with Gasteiger partial charge >= 0.3 is 0 Å². The molecule has 0 spiro atoms. The van der Waals surface area contributed by atoms with E-state index in [0.29, 0.717) is 5.82 Å². The largest absolute Gasteiger partial charge is 0.369 e. The summed E-state index contributed by atoms with van der Waals surface area (Å²) in [4.78, 5) is 18.0. The number of nitrogens with two attached hydrogens (primary N) is 1. The SMILES string of the molecule is Cc1ccc(NC(N)=Nc2ccc([N+](=O)[O-])cn2)c(C)c1. The average molecular weight is 285 g/mol. The molecule has 0 unspecified atom stereocenters.